The van der Waals surface area contributed by atoms with Crippen molar-refractivity contribution in [2.24, 2.45) is 5.73 Å². The topological polar surface area (TPSA) is 73.6 Å². The Morgan fingerprint density at radius 1 is 1.44 bits per heavy atom. The molecule has 0 saturated carbocycles. The summed E-state index contributed by atoms with van der Waals surface area (Å²) in [5.41, 5.74) is 6.27. The maximum atomic E-state index is 11.7. The van der Waals surface area contributed by atoms with Gasteiger partial charge in [0.25, 0.3) is 0 Å². The van der Waals surface area contributed by atoms with Gasteiger partial charge in [0.1, 0.15) is 0 Å². The highest BCUT2D eigenvalue weighted by Gasteiger charge is 2.13. The molecule has 0 saturated heterocycles. The normalized spacial score (nSPS) is 11.5. The van der Waals surface area contributed by atoms with Crippen molar-refractivity contribution >= 4 is 11.6 Å². The molecule has 1 aromatic carbocycles. The quantitative estimate of drug-likeness (QED) is 0.751. The molecule has 1 aromatic rings. The molecule has 1 rings (SSSR count). The van der Waals surface area contributed by atoms with Gasteiger partial charge in [-0.05, 0) is 18.6 Å². The van der Waals surface area contributed by atoms with Crippen LogP contribution in [0.1, 0.15) is 6.42 Å². The Kier molecular flexibility index (Phi) is 5.20. The maximum absolute atomic E-state index is 11.7. The maximum Gasteiger partial charge on any atom is 0.241 e. The third-order valence-electron chi connectivity index (χ3n) is 2.41. The molecule has 5 heteroatoms. The summed E-state index contributed by atoms with van der Waals surface area (Å²) in [6.45, 7) is 3.54. The van der Waals surface area contributed by atoms with Gasteiger partial charge in [0.15, 0.2) is 11.5 Å². The highest BCUT2D eigenvalue weighted by molar-refractivity contribution is 5.95. The summed E-state index contributed by atoms with van der Waals surface area (Å²) in [5, 5.41) is 2.71. The minimum absolute atomic E-state index is 0.262. The van der Waals surface area contributed by atoms with E-state index in [1.54, 1.807) is 31.4 Å². The third-order valence-corrected chi connectivity index (χ3v) is 2.41. The molecule has 98 valence electrons. The zero-order valence-corrected chi connectivity index (χ0v) is 10.6. The second-order valence-electron chi connectivity index (χ2n) is 3.69. The molecule has 1 amide bonds. The first-order valence-electron chi connectivity index (χ1n) is 5.51. The summed E-state index contributed by atoms with van der Waals surface area (Å²) in [7, 11) is 3.09. The van der Waals surface area contributed by atoms with Gasteiger partial charge in [0.05, 0.1) is 20.3 Å². The lowest BCUT2D eigenvalue weighted by Gasteiger charge is -2.12. The fourth-order valence-corrected chi connectivity index (χ4v) is 1.44. The van der Waals surface area contributed by atoms with E-state index in [9.17, 15) is 4.79 Å². The highest BCUT2D eigenvalue weighted by Crippen LogP contribution is 2.29. The Labute approximate surface area is 107 Å². The highest BCUT2D eigenvalue weighted by atomic mass is 16.5. The molecule has 0 heterocycles. The van der Waals surface area contributed by atoms with E-state index in [4.69, 9.17) is 15.2 Å². The van der Waals surface area contributed by atoms with E-state index >= 15 is 0 Å². The van der Waals surface area contributed by atoms with Gasteiger partial charge >= 0.3 is 0 Å². The average Bonchev–Trinajstić information content (AvgIpc) is 2.38. The predicted molar refractivity (Wildman–Crippen MR) is 71.0 cm³/mol. The van der Waals surface area contributed by atoms with Crippen LogP contribution >= 0.6 is 0 Å². The Morgan fingerprint density at radius 3 is 2.67 bits per heavy atom. The lowest BCUT2D eigenvalue weighted by molar-refractivity contribution is -0.117. The summed E-state index contributed by atoms with van der Waals surface area (Å²) < 4.78 is 10.2. The summed E-state index contributed by atoms with van der Waals surface area (Å²) in [6.07, 6.45) is 2.04. The van der Waals surface area contributed by atoms with Crippen LogP contribution in [-0.2, 0) is 4.79 Å². The molecule has 1 atom stereocenters. The van der Waals surface area contributed by atoms with Crippen molar-refractivity contribution in [2.75, 3.05) is 19.5 Å². The van der Waals surface area contributed by atoms with Crippen LogP contribution in [0.25, 0.3) is 0 Å². The number of rotatable bonds is 6. The number of benzene rings is 1. The van der Waals surface area contributed by atoms with E-state index in [0.29, 0.717) is 23.6 Å². The Hall–Kier alpha value is -2.01. The van der Waals surface area contributed by atoms with E-state index < -0.39 is 6.04 Å². The number of ether oxygens (including phenoxy) is 2. The Balaban J connectivity index is 2.79. The summed E-state index contributed by atoms with van der Waals surface area (Å²) in [5.74, 6) is 0.889. The fraction of sp³-hybridized carbons (Fsp3) is 0.308. The SMILES string of the molecule is C=CCC(N)C(=O)Nc1ccc(OC)c(OC)c1. The lowest BCUT2D eigenvalue weighted by Crippen LogP contribution is -2.35. The molecule has 5 nitrogen and oxygen atoms in total. The molecule has 0 spiro atoms. The lowest BCUT2D eigenvalue weighted by atomic mass is 10.2. The van der Waals surface area contributed by atoms with E-state index in [2.05, 4.69) is 11.9 Å². The molecular formula is C13H18N2O3. The van der Waals surface area contributed by atoms with Crippen molar-refractivity contribution in [3.05, 3.63) is 30.9 Å². The van der Waals surface area contributed by atoms with Gasteiger partial charge in [-0.25, -0.2) is 0 Å². The zero-order chi connectivity index (χ0) is 13.5. The van der Waals surface area contributed by atoms with Crippen molar-refractivity contribution in [2.45, 2.75) is 12.5 Å². The van der Waals surface area contributed by atoms with E-state index in [0.717, 1.165) is 0 Å². The monoisotopic (exact) mass is 250 g/mol. The van der Waals surface area contributed by atoms with Gasteiger partial charge < -0.3 is 20.5 Å². The zero-order valence-electron chi connectivity index (χ0n) is 10.6. The van der Waals surface area contributed by atoms with Crippen molar-refractivity contribution in [3.63, 3.8) is 0 Å². The van der Waals surface area contributed by atoms with Crippen molar-refractivity contribution in [1.82, 2.24) is 0 Å². The van der Waals surface area contributed by atoms with E-state index in [-0.39, 0.29) is 5.91 Å². The first-order chi connectivity index (χ1) is 8.62. The molecule has 0 aliphatic heterocycles. The number of methoxy groups -OCH3 is 2. The number of amides is 1. The minimum atomic E-state index is -0.601. The van der Waals surface area contributed by atoms with Crippen molar-refractivity contribution in [1.29, 1.82) is 0 Å². The third kappa shape index (κ3) is 3.49. The summed E-state index contributed by atoms with van der Waals surface area (Å²) in [6, 6.07) is 4.51. The predicted octanol–water partition coefficient (Wildman–Crippen LogP) is 1.55. The molecule has 3 N–H and O–H groups in total. The largest absolute Gasteiger partial charge is 0.493 e. The van der Waals surface area contributed by atoms with Crippen molar-refractivity contribution < 1.29 is 14.3 Å². The minimum Gasteiger partial charge on any atom is -0.493 e. The molecule has 0 aromatic heterocycles. The molecule has 0 bridgehead atoms. The van der Waals surface area contributed by atoms with Crippen LogP contribution in [-0.4, -0.2) is 26.2 Å². The molecular weight excluding hydrogens is 232 g/mol. The first kappa shape index (κ1) is 14.1. The smallest absolute Gasteiger partial charge is 0.241 e. The van der Waals surface area contributed by atoms with Crippen LogP contribution in [0, 0.1) is 0 Å². The second kappa shape index (κ2) is 6.66. The van der Waals surface area contributed by atoms with Gasteiger partial charge in [-0.1, -0.05) is 6.08 Å². The summed E-state index contributed by atoms with van der Waals surface area (Å²) >= 11 is 0. The number of anilines is 1. The van der Waals surface area contributed by atoms with Crippen LogP contribution in [0.3, 0.4) is 0 Å². The van der Waals surface area contributed by atoms with Crippen LogP contribution in [0.5, 0.6) is 11.5 Å². The van der Waals surface area contributed by atoms with Crippen molar-refractivity contribution in [3.8, 4) is 11.5 Å². The van der Waals surface area contributed by atoms with Crippen LogP contribution in [0.15, 0.2) is 30.9 Å². The Morgan fingerprint density at radius 2 is 2.11 bits per heavy atom. The number of carbonyl (C=O) groups is 1. The second-order valence-corrected chi connectivity index (χ2v) is 3.69. The molecule has 18 heavy (non-hydrogen) atoms. The summed E-state index contributed by atoms with van der Waals surface area (Å²) in [4.78, 5) is 11.7. The average molecular weight is 250 g/mol. The number of nitrogens with one attached hydrogen (secondary N) is 1. The number of hydrogen-bond acceptors (Lipinski definition) is 4. The molecule has 0 radical (unpaired) electrons. The van der Waals surface area contributed by atoms with Gasteiger partial charge in [-0.2, -0.15) is 0 Å². The van der Waals surface area contributed by atoms with E-state index in [1.165, 1.54) is 7.11 Å². The van der Waals surface area contributed by atoms with E-state index in [1.807, 2.05) is 0 Å². The van der Waals surface area contributed by atoms with Crippen LogP contribution in [0.4, 0.5) is 5.69 Å². The Bertz CT molecular complexity index is 432. The molecule has 1 unspecified atom stereocenters. The number of hydrogen-bond donors (Lipinski definition) is 2. The van der Waals surface area contributed by atoms with Crippen LogP contribution < -0.4 is 20.5 Å². The van der Waals surface area contributed by atoms with Gasteiger partial charge in [0, 0.05) is 11.8 Å². The van der Waals surface area contributed by atoms with Crippen LogP contribution in [0.2, 0.25) is 0 Å². The number of carbonyl (C=O) groups excluding carboxylic acids is 1. The fourth-order valence-electron chi connectivity index (χ4n) is 1.44. The number of nitrogens with two attached hydrogens (primary N) is 1. The van der Waals surface area contributed by atoms with Gasteiger partial charge in [0.2, 0.25) is 5.91 Å². The van der Waals surface area contributed by atoms with Gasteiger partial charge in [-0.15, -0.1) is 6.58 Å². The standard InChI is InChI=1S/C13H18N2O3/c1-4-5-10(14)13(16)15-9-6-7-11(17-2)12(8-9)18-3/h4,6-8,10H,1,5,14H2,2-3H3,(H,15,16). The first-order valence-corrected chi connectivity index (χ1v) is 5.51. The molecule has 0 fully saturated rings. The molecule has 0 aliphatic rings. The van der Waals surface area contributed by atoms with Gasteiger partial charge in [-0.3, -0.25) is 4.79 Å². The molecule has 0 aliphatic carbocycles.